The number of carbonyl (C=O) groups is 1. The quantitative estimate of drug-likeness (QED) is 0.329. The second kappa shape index (κ2) is 9.79. The number of ether oxygens (including phenoxy) is 2. The molecule has 0 unspecified atom stereocenters. The first-order valence-electron chi connectivity index (χ1n) is 11.0. The van der Waals surface area contributed by atoms with Gasteiger partial charge in [0.05, 0.1) is 13.7 Å². The Kier molecular flexibility index (Phi) is 6.63. The van der Waals surface area contributed by atoms with Crippen LogP contribution in [0.2, 0.25) is 0 Å². The molecule has 1 N–H and O–H groups in total. The molecule has 0 saturated carbocycles. The first kappa shape index (κ1) is 23.0. The average molecular weight is 457 g/mol. The van der Waals surface area contributed by atoms with Gasteiger partial charge in [-0.15, -0.1) is 0 Å². The van der Waals surface area contributed by atoms with Crippen molar-refractivity contribution < 1.29 is 14.3 Å². The number of anilines is 2. The Labute approximate surface area is 199 Å². The highest BCUT2D eigenvalue weighted by molar-refractivity contribution is 5.75. The molecule has 0 saturated heterocycles. The number of nitrogens with one attached hydrogen (secondary N) is 1. The summed E-state index contributed by atoms with van der Waals surface area (Å²) < 4.78 is 13.1. The molecule has 2 aromatic heterocycles. The molecule has 4 aromatic rings. The van der Waals surface area contributed by atoms with Crippen LogP contribution in [0.15, 0.2) is 72.9 Å². The Balaban J connectivity index is 1.58. The Bertz CT molecular complexity index is 1270. The molecule has 0 aliphatic heterocycles. The number of hydrogen-bond donors (Lipinski definition) is 1. The van der Waals surface area contributed by atoms with Gasteiger partial charge in [-0.3, -0.25) is 9.48 Å². The summed E-state index contributed by atoms with van der Waals surface area (Å²) in [4.78, 5) is 16.1. The second-order valence-corrected chi connectivity index (χ2v) is 8.91. The molecule has 4 rings (SSSR count). The summed E-state index contributed by atoms with van der Waals surface area (Å²) in [5.74, 6) is 2.48. The lowest BCUT2D eigenvalue weighted by Gasteiger charge is -2.22. The van der Waals surface area contributed by atoms with Crippen LogP contribution in [-0.4, -0.2) is 28.2 Å². The second-order valence-electron chi connectivity index (χ2n) is 8.91. The summed E-state index contributed by atoms with van der Waals surface area (Å²) in [5.41, 5.74) is 3.11. The van der Waals surface area contributed by atoms with Gasteiger partial charge in [0.25, 0.3) is 0 Å². The molecule has 0 aliphatic carbocycles. The fourth-order valence-corrected chi connectivity index (χ4v) is 3.60. The zero-order chi connectivity index (χ0) is 24.1. The van der Waals surface area contributed by atoms with Crippen LogP contribution in [0.4, 0.5) is 11.5 Å². The van der Waals surface area contributed by atoms with Gasteiger partial charge in [-0.25, -0.2) is 4.98 Å². The predicted octanol–water partition coefficient (Wildman–Crippen LogP) is 5.98. The fraction of sp³-hybridized carbons (Fsp3) is 0.222. The van der Waals surface area contributed by atoms with Crippen molar-refractivity contribution in [2.45, 2.75) is 32.7 Å². The summed E-state index contributed by atoms with van der Waals surface area (Å²) in [6.45, 7) is 6.88. The molecular weight excluding hydrogens is 428 g/mol. The molecule has 7 nitrogen and oxygen atoms in total. The van der Waals surface area contributed by atoms with E-state index in [2.05, 4.69) is 42.2 Å². The van der Waals surface area contributed by atoms with E-state index >= 15 is 0 Å². The van der Waals surface area contributed by atoms with Crippen LogP contribution in [0.5, 0.6) is 17.4 Å². The molecule has 0 radical (unpaired) electrons. The van der Waals surface area contributed by atoms with E-state index in [1.54, 1.807) is 24.1 Å². The number of aromatic nitrogens is 3. The van der Waals surface area contributed by atoms with Crippen molar-refractivity contribution in [3.63, 3.8) is 0 Å². The van der Waals surface area contributed by atoms with Crippen molar-refractivity contribution in [2.24, 2.45) is 0 Å². The van der Waals surface area contributed by atoms with Gasteiger partial charge >= 0.3 is 0 Å². The van der Waals surface area contributed by atoms with Crippen LogP contribution in [0.25, 0.3) is 0 Å². The number of hydrogen-bond acceptors (Lipinski definition) is 6. The van der Waals surface area contributed by atoms with E-state index < -0.39 is 0 Å². The number of methoxy groups -OCH3 is 1. The SMILES string of the molecule is COc1ccc(Cn2nc(Nc3cccnc3Oc3ccccc3C(C)(C)C)cc2C=O)cc1. The maximum absolute atomic E-state index is 11.7. The first-order valence-corrected chi connectivity index (χ1v) is 11.0. The summed E-state index contributed by atoms with van der Waals surface area (Å²) in [5, 5.41) is 7.83. The lowest BCUT2D eigenvalue weighted by atomic mass is 9.86. The van der Waals surface area contributed by atoms with Crippen molar-refractivity contribution >= 4 is 17.8 Å². The minimum Gasteiger partial charge on any atom is -0.497 e. The molecule has 0 spiro atoms. The highest BCUT2D eigenvalue weighted by atomic mass is 16.5. The third-order valence-electron chi connectivity index (χ3n) is 5.36. The van der Waals surface area contributed by atoms with Crippen molar-refractivity contribution in [1.82, 2.24) is 14.8 Å². The van der Waals surface area contributed by atoms with E-state index in [1.807, 2.05) is 54.6 Å². The summed E-state index contributed by atoms with van der Waals surface area (Å²) in [6, 6.07) is 21.0. The topological polar surface area (TPSA) is 78.3 Å². The number of nitrogens with zero attached hydrogens (tertiary/aromatic N) is 3. The largest absolute Gasteiger partial charge is 0.497 e. The fourth-order valence-electron chi connectivity index (χ4n) is 3.60. The molecule has 0 bridgehead atoms. The molecule has 2 heterocycles. The van der Waals surface area contributed by atoms with Gasteiger partial charge in [0, 0.05) is 17.8 Å². The third kappa shape index (κ3) is 5.26. The van der Waals surface area contributed by atoms with E-state index in [0.717, 1.165) is 28.9 Å². The Morgan fingerprint density at radius 1 is 1.03 bits per heavy atom. The Hall–Kier alpha value is -4.13. The van der Waals surface area contributed by atoms with Crippen molar-refractivity contribution in [3.8, 4) is 17.4 Å². The van der Waals surface area contributed by atoms with Crippen molar-refractivity contribution in [1.29, 1.82) is 0 Å². The highest BCUT2D eigenvalue weighted by Gasteiger charge is 2.20. The molecule has 0 atom stereocenters. The molecule has 0 aliphatic rings. The number of benzene rings is 2. The van der Waals surface area contributed by atoms with Crippen LogP contribution in [0, 0.1) is 0 Å². The van der Waals surface area contributed by atoms with E-state index in [-0.39, 0.29) is 5.41 Å². The smallest absolute Gasteiger partial charge is 0.243 e. The molecular formula is C27H28N4O3. The minimum absolute atomic E-state index is 0.0853. The number of para-hydroxylation sites is 1. The van der Waals surface area contributed by atoms with E-state index in [1.165, 1.54) is 0 Å². The summed E-state index contributed by atoms with van der Waals surface area (Å²) in [7, 11) is 1.63. The van der Waals surface area contributed by atoms with E-state index in [9.17, 15) is 4.79 Å². The number of rotatable bonds is 8. The van der Waals surface area contributed by atoms with Crippen molar-refractivity contribution in [3.05, 3.63) is 89.7 Å². The maximum Gasteiger partial charge on any atom is 0.243 e. The van der Waals surface area contributed by atoms with Gasteiger partial charge in [0.1, 0.15) is 22.9 Å². The normalized spacial score (nSPS) is 11.2. The molecule has 2 aromatic carbocycles. The minimum atomic E-state index is -0.0853. The van der Waals surface area contributed by atoms with E-state index in [4.69, 9.17) is 9.47 Å². The molecule has 0 amide bonds. The maximum atomic E-state index is 11.7. The van der Waals surface area contributed by atoms with Gasteiger partial charge < -0.3 is 14.8 Å². The number of pyridine rings is 1. The van der Waals surface area contributed by atoms with Crippen LogP contribution in [-0.2, 0) is 12.0 Å². The van der Waals surface area contributed by atoms with Crippen LogP contribution >= 0.6 is 0 Å². The number of aldehydes is 1. The predicted molar refractivity (Wildman–Crippen MR) is 132 cm³/mol. The van der Waals surface area contributed by atoms with Gasteiger partial charge in [0.2, 0.25) is 5.88 Å². The van der Waals surface area contributed by atoms with Crippen LogP contribution < -0.4 is 14.8 Å². The monoisotopic (exact) mass is 456 g/mol. The van der Waals surface area contributed by atoms with Crippen molar-refractivity contribution in [2.75, 3.05) is 12.4 Å². The zero-order valence-corrected chi connectivity index (χ0v) is 19.8. The molecule has 7 heteroatoms. The van der Waals surface area contributed by atoms with Crippen LogP contribution in [0.1, 0.15) is 42.4 Å². The highest BCUT2D eigenvalue weighted by Crippen LogP contribution is 2.36. The van der Waals surface area contributed by atoms with Gasteiger partial charge in [-0.05, 0) is 41.3 Å². The van der Waals surface area contributed by atoms with E-state index in [0.29, 0.717) is 29.6 Å². The molecule has 34 heavy (non-hydrogen) atoms. The summed E-state index contributed by atoms with van der Waals surface area (Å²) >= 11 is 0. The standard InChI is InChI=1S/C27H28N4O3/c1-27(2,3)22-8-5-6-10-24(22)34-26-23(9-7-15-28-26)29-25-16-20(18-32)31(30-25)17-19-11-13-21(33-4)14-12-19/h5-16,18H,17H2,1-4H3,(H,29,30). The lowest BCUT2D eigenvalue weighted by molar-refractivity contribution is 0.111. The molecule has 174 valence electrons. The zero-order valence-electron chi connectivity index (χ0n) is 19.8. The average Bonchev–Trinajstić information content (AvgIpc) is 3.21. The van der Waals surface area contributed by atoms with Crippen LogP contribution in [0.3, 0.4) is 0 Å². The first-order chi connectivity index (χ1) is 16.4. The number of carbonyl (C=O) groups excluding carboxylic acids is 1. The Morgan fingerprint density at radius 2 is 1.79 bits per heavy atom. The summed E-state index contributed by atoms with van der Waals surface area (Å²) in [6.07, 6.45) is 2.47. The van der Waals surface area contributed by atoms with Gasteiger partial charge in [-0.1, -0.05) is 51.1 Å². The molecule has 0 fully saturated rings. The van der Waals surface area contributed by atoms with Gasteiger partial charge in [-0.2, -0.15) is 5.10 Å². The lowest BCUT2D eigenvalue weighted by Crippen LogP contribution is -2.12. The van der Waals surface area contributed by atoms with Gasteiger partial charge in [0.15, 0.2) is 12.1 Å². The Morgan fingerprint density at radius 3 is 2.50 bits per heavy atom. The third-order valence-corrected chi connectivity index (χ3v) is 5.36.